The van der Waals surface area contributed by atoms with Gasteiger partial charge in [-0.25, -0.2) is 13.4 Å². The molecule has 1 aromatic carbocycles. The number of hydrogen-bond acceptors (Lipinski definition) is 4. The van der Waals surface area contributed by atoms with E-state index in [4.69, 9.17) is 16.3 Å². The summed E-state index contributed by atoms with van der Waals surface area (Å²) in [6, 6.07) is 7.80. The van der Waals surface area contributed by atoms with Gasteiger partial charge in [0.1, 0.15) is 15.8 Å². The number of methoxy groups -OCH3 is 1. The molecule has 0 aliphatic rings. The van der Waals surface area contributed by atoms with Crippen molar-refractivity contribution in [2.45, 2.75) is 4.90 Å². The fourth-order valence-corrected chi connectivity index (χ4v) is 2.96. The fraction of sp³-hybridized carbons (Fsp3) is 0.0833. The van der Waals surface area contributed by atoms with Crippen LogP contribution in [0.2, 0.25) is 5.15 Å². The zero-order valence-corrected chi connectivity index (χ0v) is 13.5. The molecule has 0 bridgehead atoms. The largest absolute Gasteiger partial charge is 0.495 e. The zero-order chi connectivity index (χ0) is 14.8. The summed E-state index contributed by atoms with van der Waals surface area (Å²) >= 11 is 8.92. The predicted molar refractivity (Wildman–Crippen MR) is 80.7 cm³/mol. The summed E-state index contributed by atoms with van der Waals surface area (Å²) in [4.78, 5) is 3.77. The van der Waals surface area contributed by atoms with E-state index >= 15 is 0 Å². The van der Waals surface area contributed by atoms with Gasteiger partial charge in [0, 0.05) is 10.7 Å². The van der Waals surface area contributed by atoms with Gasteiger partial charge in [-0.2, -0.15) is 0 Å². The van der Waals surface area contributed by atoms with E-state index < -0.39 is 10.0 Å². The maximum absolute atomic E-state index is 12.2. The standard InChI is InChI=1S/C12H10BrClN2O3S/c1-19-11-4-2-8(13)6-10(11)16-20(17,18)9-3-5-12(14)15-7-9/h2-7,16H,1H3. The van der Waals surface area contributed by atoms with E-state index in [9.17, 15) is 8.42 Å². The molecular formula is C12H10BrClN2O3S. The SMILES string of the molecule is COc1ccc(Br)cc1NS(=O)(=O)c1ccc(Cl)nc1. The molecule has 0 radical (unpaired) electrons. The van der Waals surface area contributed by atoms with Crippen LogP contribution < -0.4 is 9.46 Å². The Hall–Kier alpha value is -1.31. The summed E-state index contributed by atoms with van der Waals surface area (Å²) in [5.41, 5.74) is 0.330. The molecule has 0 spiro atoms. The van der Waals surface area contributed by atoms with Crippen LogP contribution in [-0.4, -0.2) is 20.5 Å². The van der Waals surface area contributed by atoms with Crippen LogP contribution in [0.25, 0.3) is 0 Å². The van der Waals surface area contributed by atoms with Crippen LogP contribution in [0.15, 0.2) is 45.9 Å². The van der Waals surface area contributed by atoms with Crippen molar-refractivity contribution in [2.24, 2.45) is 0 Å². The minimum Gasteiger partial charge on any atom is -0.495 e. The van der Waals surface area contributed by atoms with Gasteiger partial charge in [0.2, 0.25) is 0 Å². The minimum atomic E-state index is -3.75. The Labute approximate surface area is 130 Å². The van der Waals surface area contributed by atoms with E-state index in [2.05, 4.69) is 25.6 Å². The molecule has 0 atom stereocenters. The molecule has 5 nitrogen and oxygen atoms in total. The Balaban J connectivity index is 2.37. The predicted octanol–water partition coefficient (Wildman–Crippen LogP) is 3.31. The number of sulfonamides is 1. The summed E-state index contributed by atoms with van der Waals surface area (Å²) in [6.07, 6.45) is 1.19. The van der Waals surface area contributed by atoms with E-state index in [0.717, 1.165) is 4.47 Å². The van der Waals surface area contributed by atoms with E-state index in [-0.39, 0.29) is 10.0 Å². The summed E-state index contributed by atoms with van der Waals surface area (Å²) in [6.45, 7) is 0. The highest BCUT2D eigenvalue weighted by atomic mass is 79.9. The van der Waals surface area contributed by atoms with Gasteiger partial charge in [0.15, 0.2) is 0 Å². The van der Waals surface area contributed by atoms with Crippen molar-refractivity contribution in [3.63, 3.8) is 0 Å². The third-order valence-corrected chi connectivity index (χ3v) is 4.48. The molecular weight excluding hydrogens is 368 g/mol. The smallest absolute Gasteiger partial charge is 0.263 e. The van der Waals surface area contributed by atoms with Gasteiger partial charge in [-0.15, -0.1) is 0 Å². The number of halogens is 2. The van der Waals surface area contributed by atoms with Crippen molar-refractivity contribution in [3.05, 3.63) is 46.2 Å². The molecule has 0 unspecified atom stereocenters. The van der Waals surface area contributed by atoms with E-state index in [1.807, 2.05) is 0 Å². The van der Waals surface area contributed by atoms with Crippen LogP contribution in [0.5, 0.6) is 5.75 Å². The Morgan fingerprint density at radius 3 is 2.65 bits per heavy atom. The number of hydrogen-bond donors (Lipinski definition) is 1. The molecule has 2 aromatic rings. The summed E-state index contributed by atoms with van der Waals surface area (Å²) < 4.78 is 32.7. The maximum Gasteiger partial charge on any atom is 0.263 e. The Morgan fingerprint density at radius 2 is 2.05 bits per heavy atom. The molecule has 0 fully saturated rings. The Morgan fingerprint density at radius 1 is 1.30 bits per heavy atom. The molecule has 0 aliphatic heterocycles. The van der Waals surface area contributed by atoms with Gasteiger partial charge in [-0.1, -0.05) is 27.5 Å². The lowest BCUT2D eigenvalue weighted by Gasteiger charge is -2.12. The fourth-order valence-electron chi connectivity index (χ4n) is 1.48. The topological polar surface area (TPSA) is 68.3 Å². The molecule has 1 heterocycles. The van der Waals surface area contributed by atoms with E-state index in [1.165, 1.54) is 25.4 Å². The molecule has 0 amide bonds. The van der Waals surface area contributed by atoms with Gasteiger partial charge in [-0.05, 0) is 30.3 Å². The van der Waals surface area contributed by atoms with Gasteiger partial charge in [-0.3, -0.25) is 4.72 Å². The van der Waals surface area contributed by atoms with E-state index in [0.29, 0.717) is 11.4 Å². The second-order valence-corrected chi connectivity index (χ2v) is 6.75. The number of anilines is 1. The highest BCUT2D eigenvalue weighted by molar-refractivity contribution is 9.10. The first-order valence-electron chi connectivity index (χ1n) is 5.40. The zero-order valence-electron chi connectivity index (χ0n) is 10.3. The third kappa shape index (κ3) is 3.41. The molecule has 1 aromatic heterocycles. The highest BCUT2D eigenvalue weighted by Crippen LogP contribution is 2.29. The Kier molecular flexibility index (Phi) is 4.52. The average Bonchev–Trinajstić information content (AvgIpc) is 2.39. The molecule has 8 heteroatoms. The van der Waals surface area contributed by atoms with Crippen molar-refractivity contribution in [3.8, 4) is 5.75 Å². The first-order chi connectivity index (χ1) is 9.42. The van der Waals surface area contributed by atoms with Crippen LogP contribution in [-0.2, 0) is 10.0 Å². The van der Waals surface area contributed by atoms with Crippen molar-refractivity contribution in [2.75, 3.05) is 11.8 Å². The van der Waals surface area contributed by atoms with Crippen molar-refractivity contribution in [1.29, 1.82) is 0 Å². The first-order valence-corrected chi connectivity index (χ1v) is 8.06. The van der Waals surface area contributed by atoms with Crippen molar-refractivity contribution < 1.29 is 13.2 Å². The van der Waals surface area contributed by atoms with Crippen LogP contribution in [0.1, 0.15) is 0 Å². The van der Waals surface area contributed by atoms with Gasteiger partial charge in [0.25, 0.3) is 10.0 Å². The van der Waals surface area contributed by atoms with Crippen LogP contribution in [0.4, 0.5) is 5.69 Å². The average molecular weight is 378 g/mol. The van der Waals surface area contributed by atoms with Gasteiger partial charge >= 0.3 is 0 Å². The quantitative estimate of drug-likeness (QED) is 0.830. The highest BCUT2D eigenvalue weighted by Gasteiger charge is 2.17. The minimum absolute atomic E-state index is 0.0175. The number of nitrogens with zero attached hydrogens (tertiary/aromatic N) is 1. The summed E-state index contributed by atoms with van der Waals surface area (Å²) in [7, 11) is -2.29. The summed E-state index contributed by atoms with van der Waals surface area (Å²) in [5, 5.41) is 0.226. The molecule has 0 saturated carbocycles. The molecule has 2 rings (SSSR count). The molecule has 20 heavy (non-hydrogen) atoms. The summed E-state index contributed by atoms with van der Waals surface area (Å²) in [5.74, 6) is 0.415. The molecule has 0 aliphatic carbocycles. The van der Waals surface area contributed by atoms with Crippen molar-refractivity contribution >= 4 is 43.2 Å². The molecule has 106 valence electrons. The lowest BCUT2D eigenvalue weighted by atomic mass is 10.3. The monoisotopic (exact) mass is 376 g/mol. The lowest BCUT2D eigenvalue weighted by molar-refractivity contribution is 0.417. The van der Waals surface area contributed by atoms with E-state index in [1.54, 1.807) is 18.2 Å². The van der Waals surface area contributed by atoms with Crippen LogP contribution in [0.3, 0.4) is 0 Å². The number of rotatable bonds is 4. The maximum atomic E-state index is 12.2. The number of benzene rings is 1. The molecule has 0 saturated heterocycles. The Bertz CT molecular complexity index is 720. The second kappa shape index (κ2) is 5.99. The van der Waals surface area contributed by atoms with Gasteiger partial charge < -0.3 is 4.74 Å². The third-order valence-electron chi connectivity index (χ3n) is 2.42. The number of nitrogens with one attached hydrogen (secondary N) is 1. The van der Waals surface area contributed by atoms with Gasteiger partial charge in [0.05, 0.1) is 12.8 Å². The first kappa shape index (κ1) is 15.1. The second-order valence-electron chi connectivity index (χ2n) is 3.77. The van der Waals surface area contributed by atoms with Crippen molar-refractivity contribution in [1.82, 2.24) is 4.98 Å². The molecule has 1 N–H and O–H groups in total. The van der Waals surface area contributed by atoms with Crippen LogP contribution in [0, 0.1) is 0 Å². The normalized spacial score (nSPS) is 11.2. The van der Waals surface area contributed by atoms with Crippen LogP contribution >= 0.6 is 27.5 Å². The number of ether oxygens (including phenoxy) is 1. The number of aromatic nitrogens is 1. The number of pyridine rings is 1. The lowest BCUT2D eigenvalue weighted by Crippen LogP contribution is -2.13.